The van der Waals surface area contributed by atoms with E-state index < -0.39 is 0 Å². The lowest BCUT2D eigenvalue weighted by atomic mass is 10.0. The first-order valence-electron chi connectivity index (χ1n) is 7.10. The van der Waals surface area contributed by atoms with Crippen LogP contribution in [0.15, 0.2) is 12.7 Å². The third-order valence-corrected chi connectivity index (χ3v) is 3.09. The lowest BCUT2D eigenvalue weighted by Crippen LogP contribution is -2.05. The normalized spacial score (nSPS) is 12.6. The largest absolute Gasteiger partial charge is 0.393 e. The van der Waals surface area contributed by atoms with Crippen LogP contribution in [-0.4, -0.2) is 11.2 Å². The summed E-state index contributed by atoms with van der Waals surface area (Å²) in [5.74, 6) is 0. The van der Waals surface area contributed by atoms with Gasteiger partial charge in [-0.05, 0) is 25.7 Å². The van der Waals surface area contributed by atoms with Crippen LogP contribution < -0.4 is 0 Å². The molecule has 0 spiro atoms. The Hall–Kier alpha value is -0.300. The molecule has 0 aromatic heterocycles. The number of aliphatic hydroxyl groups is 1. The van der Waals surface area contributed by atoms with Crippen molar-refractivity contribution in [1.82, 2.24) is 0 Å². The molecule has 96 valence electrons. The molecular formula is C15H30O. The molecule has 0 rings (SSSR count). The molecule has 0 bridgehead atoms. The third kappa shape index (κ3) is 11.8. The SMILES string of the molecule is C=CCCCCCCCCC(O)CCCC. The number of rotatable bonds is 12. The minimum Gasteiger partial charge on any atom is -0.393 e. The Balaban J connectivity index is 3.05. The van der Waals surface area contributed by atoms with Gasteiger partial charge in [-0.2, -0.15) is 0 Å². The summed E-state index contributed by atoms with van der Waals surface area (Å²) in [7, 11) is 0. The third-order valence-electron chi connectivity index (χ3n) is 3.09. The summed E-state index contributed by atoms with van der Waals surface area (Å²) < 4.78 is 0. The van der Waals surface area contributed by atoms with E-state index in [1.807, 2.05) is 6.08 Å². The smallest absolute Gasteiger partial charge is 0.0540 e. The summed E-state index contributed by atoms with van der Waals surface area (Å²) in [5.41, 5.74) is 0. The van der Waals surface area contributed by atoms with E-state index in [9.17, 15) is 5.11 Å². The van der Waals surface area contributed by atoms with E-state index in [1.54, 1.807) is 0 Å². The van der Waals surface area contributed by atoms with E-state index in [1.165, 1.54) is 51.4 Å². The van der Waals surface area contributed by atoms with Gasteiger partial charge in [0.1, 0.15) is 0 Å². The zero-order valence-electron chi connectivity index (χ0n) is 11.1. The predicted molar refractivity (Wildman–Crippen MR) is 72.7 cm³/mol. The number of allylic oxidation sites excluding steroid dienone is 1. The van der Waals surface area contributed by atoms with Crippen molar-refractivity contribution >= 4 is 0 Å². The van der Waals surface area contributed by atoms with Gasteiger partial charge >= 0.3 is 0 Å². The van der Waals surface area contributed by atoms with Crippen LogP contribution in [0.2, 0.25) is 0 Å². The molecule has 16 heavy (non-hydrogen) atoms. The molecule has 0 saturated heterocycles. The standard InChI is InChI=1S/C15H30O/c1-3-5-7-8-9-10-11-12-14-15(16)13-6-4-2/h3,15-16H,1,4-14H2,2H3. The van der Waals surface area contributed by atoms with Gasteiger partial charge in [0.15, 0.2) is 0 Å². The summed E-state index contributed by atoms with van der Waals surface area (Å²) in [4.78, 5) is 0. The summed E-state index contributed by atoms with van der Waals surface area (Å²) in [6.07, 6.45) is 15.3. The summed E-state index contributed by atoms with van der Waals surface area (Å²) >= 11 is 0. The first-order valence-corrected chi connectivity index (χ1v) is 7.10. The predicted octanol–water partition coefficient (Wildman–Crippen LogP) is 4.84. The summed E-state index contributed by atoms with van der Waals surface area (Å²) in [6, 6.07) is 0. The first-order chi connectivity index (χ1) is 7.81. The molecule has 0 aliphatic carbocycles. The molecule has 1 N–H and O–H groups in total. The van der Waals surface area contributed by atoms with Crippen LogP contribution in [0.5, 0.6) is 0 Å². The Morgan fingerprint density at radius 2 is 1.50 bits per heavy atom. The molecule has 0 heterocycles. The van der Waals surface area contributed by atoms with Crippen LogP contribution in [0.1, 0.15) is 77.6 Å². The fourth-order valence-electron chi connectivity index (χ4n) is 1.96. The second-order valence-corrected chi connectivity index (χ2v) is 4.78. The van der Waals surface area contributed by atoms with E-state index in [0.717, 1.165) is 19.3 Å². The van der Waals surface area contributed by atoms with Crippen LogP contribution >= 0.6 is 0 Å². The van der Waals surface area contributed by atoms with E-state index in [0.29, 0.717) is 0 Å². The number of aliphatic hydroxyl groups excluding tert-OH is 1. The number of hydrogen-bond acceptors (Lipinski definition) is 1. The molecule has 1 unspecified atom stereocenters. The first kappa shape index (κ1) is 15.7. The second-order valence-electron chi connectivity index (χ2n) is 4.78. The Morgan fingerprint density at radius 1 is 0.938 bits per heavy atom. The highest BCUT2D eigenvalue weighted by molar-refractivity contribution is 4.65. The fraction of sp³-hybridized carbons (Fsp3) is 0.867. The van der Waals surface area contributed by atoms with E-state index in [-0.39, 0.29) is 6.10 Å². The molecule has 0 aromatic rings. The van der Waals surface area contributed by atoms with Gasteiger partial charge in [-0.3, -0.25) is 0 Å². The number of hydrogen-bond donors (Lipinski definition) is 1. The van der Waals surface area contributed by atoms with Crippen molar-refractivity contribution in [1.29, 1.82) is 0 Å². The van der Waals surface area contributed by atoms with Gasteiger partial charge in [0.05, 0.1) is 6.10 Å². The van der Waals surface area contributed by atoms with E-state index >= 15 is 0 Å². The Morgan fingerprint density at radius 3 is 2.12 bits per heavy atom. The maximum absolute atomic E-state index is 9.64. The summed E-state index contributed by atoms with van der Waals surface area (Å²) in [5, 5.41) is 9.64. The molecule has 1 atom stereocenters. The zero-order chi connectivity index (χ0) is 12.1. The average molecular weight is 226 g/mol. The van der Waals surface area contributed by atoms with Crippen LogP contribution in [0.4, 0.5) is 0 Å². The van der Waals surface area contributed by atoms with Gasteiger partial charge in [0.2, 0.25) is 0 Å². The van der Waals surface area contributed by atoms with Crippen LogP contribution in [0.25, 0.3) is 0 Å². The van der Waals surface area contributed by atoms with Crippen molar-refractivity contribution in [3.05, 3.63) is 12.7 Å². The average Bonchev–Trinajstić information content (AvgIpc) is 2.30. The highest BCUT2D eigenvalue weighted by Crippen LogP contribution is 2.12. The molecule has 0 radical (unpaired) electrons. The van der Waals surface area contributed by atoms with E-state index in [2.05, 4.69) is 13.5 Å². The van der Waals surface area contributed by atoms with Gasteiger partial charge < -0.3 is 5.11 Å². The molecule has 1 nitrogen and oxygen atoms in total. The van der Waals surface area contributed by atoms with Gasteiger partial charge in [-0.1, -0.05) is 57.9 Å². The Kier molecular flexibility index (Phi) is 12.5. The molecule has 0 fully saturated rings. The van der Waals surface area contributed by atoms with Crippen LogP contribution in [0, 0.1) is 0 Å². The summed E-state index contributed by atoms with van der Waals surface area (Å²) in [6.45, 7) is 5.90. The zero-order valence-corrected chi connectivity index (χ0v) is 11.1. The fourth-order valence-corrected chi connectivity index (χ4v) is 1.96. The Labute approximate surface area is 102 Å². The van der Waals surface area contributed by atoms with Crippen LogP contribution in [0.3, 0.4) is 0 Å². The van der Waals surface area contributed by atoms with Gasteiger partial charge in [-0.15, -0.1) is 6.58 Å². The van der Waals surface area contributed by atoms with Gasteiger partial charge in [0, 0.05) is 0 Å². The minimum atomic E-state index is -0.0410. The molecule has 0 amide bonds. The lowest BCUT2D eigenvalue weighted by Gasteiger charge is -2.09. The molecule has 0 aromatic carbocycles. The minimum absolute atomic E-state index is 0.0410. The van der Waals surface area contributed by atoms with Crippen LogP contribution in [-0.2, 0) is 0 Å². The van der Waals surface area contributed by atoms with Gasteiger partial charge in [-0.25, -0.2) is 0 Å². The van der Waals surface area contributed by atoms with Gasteiger partial charge in [0.25, 0.3) is 0 Å². The number of unbranched alkanes of at least 4 members (excludes halogenated alkanes) is 7. The van der Waals surface area contributed by atoms with Crippen molar-refractivity contribution in [3.8, 4) is 0 Å². The quantitative estimate of drug-likeness (QED) is 0.373. The molecule has 1 heteroatoms. The van der Waals surface area contributed by atoms with E-state index in [4.69, 9.17) is 0 Å². The second kappa shape index (κ2) is 12.8. The van der Waals surface area contributed by atoms with Crippen molar-refractivity contribution < 1.29 is 5.11 Å². The molecular weight excluding hydrogens is 196 g/mol. The van der Waals surface area contributed by atoms with Crippen molar-refractivity contribution in [2.75, 3.05) is 0 Å². The maximum Gasteiger partial charge on any atom is 0.0540 e. The maximum atomic E-state index is 9.64. The Bertz CT molecular complexity index is 142. The monoisotopic (exact) mass is 226 g/mol. The molecule has 0 aliphatic rings. The highest BCUT2D eigenvalue weighted by Gasteiger charge is 2.02. The molecule has 0 saturated carbocycles. The highest BCUT2D eigenvalue weighted by atomic mass is 16.3. The lowest BCUT2D eigenvalue weighted by molar-refractivity contribution is 0.148. The van der Waals surface area contributed by atoms with Crippen molar-refractivity contribution in [2.45, 2.75) is 83.7 Å². The topological polar surface area (TPSA) is 20.2 Å². The van der Waals surface area contributed by atoms with Crippen molar-refractivity contribution in [2.24, 2.45) is 0 Å². The van der Waals surface area contributed by atoms with Crippen molar-refractivity contribution in [3.63, 3.8) is 0 Å². The molecule has 0 aliphatic heterocycles.